The number of hydrogen-bond donors (Lipinski definition) is 0. The first kappa shape index (κ1) is 37.5. The number of nitrogens with zero attached hydrogens (tertiary/aromatic N) is 4. The minimum absolute atomic E-state index is 0.664. The Kier molecular flexibility index (Phi) is 8.16. The topological polar surface area (TPSA) is 13.0 Å². The summed E-state index contributed by atoms with van der Waals surface area (Å²) >= 11 is 0. The number of hydrogen-bond acceptors (Lipinski definition) is 4. The zero-order chi connectivity index (χ0) is 44.1. The van der Waals surface area contributed by atoms with E-state index in [4.69, 9.17) is 0 Å². The van der Waals surface area contributed by atoms with Crippen LogP contribution in [-0.4, -0.2) is 0 Å². The molecule has 2 aliphatic heterocycles. The van der Waals surface area contributed by atoms with Crippen molar-refractivity contribution < 1.29 is 0 Å². The predicted octanol–water partition coefficient (Wildman–Crippen LogP) is 17.0. The van der Waals surface area contributed by atoms with Gasteiger partial charge >= 0.3 is 0 Å². The molecule has 10 aromatic carbocycles. The summed E-state index contributed by atoms with van der Waals surface area (Å²) in [5.41, 5.74) is 22.9. The maximum Gasteiger partial charge on any atom is 0.0726 e. The highest BCUT2D eigenvalue weighted by molar-refractivity contribution is 6.04. The molecule has 0 atom stereocenters. The molecule has 2 aliphatic carbocycles. The Morgan fingerprint density at radius 1 is 0.224 bits per heavy atom. The smallest absolute Gasteiger partial charge is 0.0726 e. The van der Waals surface area contributed by atoms with Crippen LogP contribution in [0.4, 0.5) is 68.2 Å². The third kappa shape index (κ3) is 5.35. The fourth-order valence-corrected chi connectivity index (χ4v) is 11.6. The van der Waals surface area contributed by atoms with Crippen LogP contribution in [0.15, 0.2) is 243 Å². The Bertz CT molecular complexity index is 3300. The monoisotopic (exact) mass is 854 g/mol. The van der Waals surface area contributed by atoms with Gasteiger partial charge in [-0.15, -0.1) is 0 Å². The van der Waals surface area contributed by atoms with Crippen molar-refractivity contribution in [3.8, 4) is 11.1 Å². The minimum atomic E-state index is -0.664. The van der Waals surface area contributed by atoms with Gasteiger partial charge in [0, 0.05) is 22.7 Å². The molecule has 314 valence electrons. The second kappa shape index (κ2) is 14.6. The molecule has 0 saturated heterocycles. The third-order valence-corrected chi connectivity index (χ3v) is 14.3. The molecule has 0 radical (unpaired) electrons. The molecule has 0 amide bonds. The van der Waals surface area contributed by atoms with Crippen LogP contribution < -0.4 is 19.6 Å². The molecule has 0 saturated carbocycles. The SMILES string of the molecule is C1=Cc2ccc(N3c4ccccc4N(c4ccccc4)c4ccccc43)cc2C2(c3cc(N4c5ccccc5N(c5ccccc5)c5ccccc54)ccc31)c1ccccc1-c1ccccc12. The largest absolute Gasteiger partial charge is 0.306 e. The summed E-state index contributed by atoms with van der Waals surface area (Å²) in [6.07, 6.45) is 4.68. The summed E-state index contributed by atoms with van der Waals surface area (Å²) in [4.78, 5) is 9.73. The van der Waals surface area contributed by atoms with E-state index in [1.165, 1.54) is 44.5 Å². The summed E-state index contributed by atoms with van der Waals surface area (Å²) < 4.78 is 0. The minimum Gasteiger partial charge on any atom is -0.306 e. The van der Waals surface area contributed by atoms with E-state index < -0.39 is 5.41 Å². The van der Waals surface area contributed by atoms with Gasteiger partial charge in [-0.05, 0) is 142 Å². The second-order valence-corrected chi connectivity index (χ2v) is 17.7. The van der Waals surface area contributed by atoms with Crippen LogP contribution in [0, 0.1) is 0 Å². The third-order valence-electron chi connectivity index (χ3n) is 14.3. The van der Waals surface area contributed by atoms with Gasteiger partial charge in [-0.1, -0.05) is 158 Å². The van der Waals surface area contributed by atoms with E-state index in [0.29, 0.717) is 0 Å². The van der Waals surface area contributed by atoms with Crippen molar-refractivity contribution in [3.05, 3.63) is 276 Å². The van der Waals surface area contributed by atoms with Gasteiger partial charge in [0.05, 0.1) is 50.9 Å². The first-order valence-corrected chi connectivity index (χ1v) is 23.1. The lowest BCUT2D eigenvalue weighted by Crippen LogP contribution is -2.31. The molecule has 67 heavy (non-hydrogen) atoms. The fraction of sp³-hybridized carbons (Fsp3) is 0.0159. The molecule has 0 unspecified atom stereocenters. The molecule has 4 heteroatoms. The highest BCUT2D eigenvalue weighted by atomic mass is 15.3. The average Bonchev–Trinajstić information content (AvgIpc) is 3.61. The lowest BCUT2D eigenvalue weighted by Gasteiger charge is -2.42. The van der Waals surface area contributed by atoms with E-state index in [0.717, 1.165) is 68.2 Å². The number of para-hydroxylation sites is 10. The van der Waals surface area contributed by atoms with Gasteiger partial charge in [-0.3, -0.25) is 0 Å². The highest BCUT2D eigenvalue weighted by Gasteiger charge is 2.49. The zero-order valence-electron chi connectivity index (χ0n) is 36.5. The van der Waals surface area contributed by atoms with Gasteiger partial charge in [0.15, 0.2) is 0 Å². The molecule has 4 aliphatic rings. The molecular formula is C63H42N4. The molecule has 0 aromatic heterocycles. The number of benzene rings is 10. The van der Waals surface area contributed by atoms with Crippen molar-refractivity contribution >= 4 is 80.4 Å². The van der Waals surface area contributed by atoms with Gasteiger partial charge < -0.3 is 19.6 Å². The van der Waals surface area contributed by atoms with Gasteiger partial charge in [0.25, 0.3) is 0 Å². The van der Waals surface area contributed by atoms with Crippen molar-refractivity contribution in [1.29, 1.82) is 0 Å². The Morgan fingerprint density at radius 2 is 0.507 bits per heavy atom. The van der Waals surface area contributed by atoms with E-state index in [9.17, 15) is 0 Å². The van der Waals surface area contributed by atoms with E-state index in [-0.39, 0.29) is 0 Å². The average molecular weight is 855 g/mol. The van der Waals surface area contributed by atoms with Crippen LogP contribution in [0.1, 0.15) is 33.4 Å². The molecular weight excluding hydrogens is 813 g/mol. The molecule has 1 spiro atoms. The predicted molar refractivity (Wildman–Crippen MR) is 279 cm³/mol. The van der Waals surface area contributed by atoms with Gasteiger partial charge in [0.1, 0.15) is 0 Å². The highest BCUT2D eigenvalue weighted by Crippen LogP contribution is 2.62. The lowest BCUT2D eigenvalue weighted by molar-refractivity contribution is 0.766. The lowest BCUT2D eigenvalue weighted by atomic mass is 9.66. The maximum atomic E-state index is 2.50. The van der Waals surface area contributed by atoms with E-state index in [1.54, 1.807) is 0 Å². The van der Waals surface area contributed by atoms with Crippen LogP contribution >= 0.6 is 0 Å². The van der Waals surface area contributed by atoms with E-state index >= 15 is 0 Å². The maximum absolute atomic E-state index is 2.50. The molecule has 0 fully saturated rings. The van der Waals surface area contributed by atoms with Crippen molar-refractivity contribution in [2.75, 3.05) is 19.6 Å². The van der Waals surface area contributed by atoms with Crippen LogP contribution in [0.2, 0.25) is 0 Å². The number of anilines is 12. The number of fused-ring (bicyclic) bond motifs is 13. The van der Waals surface area contributed by atoms with Crippen LogP contribution in [-0.2, 0) is 5.41 Å². The summed E-state index contributed by atoms with van der Waals surface area (Å²) in [6.45, 7) is 0. The normalized spacial score (nSPS) is 14.2. The standard InChI is InChI=1S/C63H42N4/c1-3-19-45(20-4-1)64-55-27-11-15-31-59(55)66(60-32-16-12-28-56(60)64)47-39-37-43-35-36-44-38-40-48(42-54(44)63(53(43)41-47)51-25-9-7-23-49(51)50-24-8-10-26-52(50)63)67-61-33-17-13-29-57(61)65(46-21-5-2-6-22-46)58-30-14-18-34-62(58)67/h1-42H. The summed E-state index contributed by atoms with van der Waals surface area (Å²) in [5, 5.41) is 0. The van der Waals surface area contributed by atoms with Crippen molar-refractivity contribution in [1.82, 2.24) is 0 Å². The Morgan fingerprint density at radius 3 is 0.851 bits per heavy atom. The molecule has 10 aromatic rings. The first-order valence-electron chi connectivity index (χ1n) is 23.1. The first-order chi connectivity index (χ1) is 33.3. The molecule has 4 nitrogen and oxygen atoms in total. The Balaban J connectivity index is 1.02. The second-order valence-electron chi connectivity index (χ2n) is 17.7. The molecule has 2 heterocycles. The van der Waals surface area contributed by atoms with Crippen LogP contribution in [0.3, 0.4) is 0 Å². The summed E-state index contributed by atoms with van der Waals surface area (Å²) in [7, 11) is 0. The summed E-state index contributed by atoms with van der Waals surface area (Å²) in [6, 6.07) is 89.3. The van der Waals surface area contributed by atoms with Gasteiger partial charge in [0.2, 0.25) is 0 Å². The Hall–Kier alpha value is -8.86. The molecule has 0 bridgehead atoms. The zero-order valence-corrected chi connectivity index (χ0v) is 36.5. The van der Waals surface area contributed by atoms with Crippen molar-refractivity contribution in [2.45, 2.75) is 5.41 Å². The van der Waals surface area contributed by atoms with Gasteiger partial charge in [-0.25, -0.2) is 0 Å². The quantitative estimate of drug-likeness (QED) is 0.175. The van der Waals surface area contributed by atoms with Crippen LogP contribution in [0.5, 0.6) is 0 Å². The van der Waals surface area contributed by atoms with E-state index in [2.05, 4.69) is 274 Å². The molecule has 14 rings (SSSR count). The van der Waals surface area contributed by atoms with Crippen molar-refractivity contribution in [2.24, 2.45) is 0 Å². The molecule has 0 N–H and O–H groups in total. The van der Waals surface area contributed by atoms with Gasteiger partial charge in [-0.2, -0.15) is 0 Å². The van der Waals surface area contributed by atoms with Crippen molar-refractivity contribution in [3.63, 3.8) is 0 Å². The Labute approximate surface area is 390 Å². The van der Waals surface area contributed by atoms with E-state index in [1.807, 2.05) is 0 Å². The number of rotatable bonds is 4. The summed E-state index contributed by atoms with van der Waals surface area (Å²) in [5.74, 6) is 0. The van der Waals surface area contributed by atoms with Crippen LogP contribution in [0.25, 0.3) is 23.3 Å². The fourth-order valence-electron chi connectivity index (χ4n) is 11.6.